The summed E-state index contributed by atoms with van der Waals surface area (Å²) in [7, 11) is -3.20. The van der Waals surface area contributed by atoms with Gasteiger partial charge in [0.2, 0.25) is 10.0 Å². The van der Waals surface area contributed by atoms with Crippen LogP contribution in [0, 0.1) is 11.8 Å². The van der Waals surface area contributed by atoms with Crippen LogP contribution < -0.4 is 9.62 Å². The van der Waals surface area contributed by atoms with E-state index in [4.69, 9.17) is 0 Å². The topological polar surface area (TPSA) is 107 Å². The molecule has 3 rings (SSSR count). The van der Waals surface area contributed by atoms with Crippen LogP contribution in [-0.2, 0) is 21.4 Å². The maximum atomic E-state index is 12.4. The number of hydrogen-bond donors (Lipinski definition) is 2. The predicted molar refractivity (Wildman–Crippen MR) is 101 cm³/mol. The molecule has 0 saturated carbocycles. The Kier molecular flexibility index (Phi) is 5.59. The Bertz CT molecular complexity index is 809. The molecule has 1 aromatic carbocycles. The van der Waals surface area contributed by atoms with Crippen LogP contribution in [0.4, 0.5) is 10.5 Å². The third-order valence-corrected chi connectivity index (χ3v) is 6.93. The lowest BCUT2D eigenvalue weighted by Gasteiger charge is -2.34. The zero-order valence-electron chi connectivity index (χ0n) is 15.3. The smallest absolute Gasteiger partial charge is 0.317 e. The number of sulfonamides is 1. The summed E-state index contributed by atoms with van der Waals surface area (Å²) >= 11 is 0. The molecule has 0 spiro atoms. The van der Waals surface area contributed by atoms with Gasteiger partial charge in [0, 0.05) is 26.2 Å². The highest BCUT2D eigenvalue weighted by Gasteiger charge is 2.32. The number of benzene rings is 1. The summed E-state index contributed by atoms with van der Waals surface area (Å²) in [5.74, 6) is -1.07. The van der Waals surface area contributed by atoms with E-state index in [-0.39, 0.29) is 24.2 Å². The number of nitrogens with zero attached hydrogens (tertiary/aromatic N) is 2. The van der Waals surface area contributed by atoms with E-state index >= 15 is 0 Å². The van der Waals surface area contributed by atoms with Gasteiger partial charge in [-0.3, -0.25) is 9.10 Å². The molecule has 2 saturated heterocycles. The van der Waals surface area contributed by atoms with E-state index in [1.165, 1.54) is 4.31 Å². The first-order chi connectivity index (χ1) is 12.8. The molecule has 2 aliphatic rings. The second-order valence-electron chi connectivity index (χ2n) is 7.35. The van der Waals surface area contributed by atoms with Gasteiger partial charge in [0.1, 0.15) is 0 Å². The Morgan fingerprint density at radius 3 is 2.52 bits per heavy atom. The van der Waals surface area contributed by atoms with Crippen molar-refractivity contribution in [1.82, 2.24) is 10.2 Å². The van der Waals surface area contributed by atoms with E-state index in [1.54, 1.807) is 29.2 Å². The molecular weight excluding hydrogens is 370 g/mol. The Morgan fingerprint density at radius 2 is 1.93 bits per heavy atom. The van der Waals surface area contributed by atoms with Crippen molar-refractivity contribution in [1.29, 1.82) is 0 Å². The minimum atomic E-state index is -3.20. The predicted octanol–water partition coefficient (Wildman–Crippen LogP) is 1.48. The maximum absolute atomic E-state index is 12.4. The number of likely N-dealkylation sites (tertiary alicyclic amines) is 1. The number of carbonyl (C=O) groups excluding carboxylic acids is 1. The van der Waals surface area contributed by atoms with E-state index < -0.39 is 21.9 Å². The number of urea groups is 1. The molecule has 0 bridgehead atoms. The summed E-state index contributed by atoms with van der Waals surface area (Å²) in [6, 6.07) is 6.80. The summed E-state index contributed by atoms with van der Waals surface area (Å²) in [4.78, 5) is 25.2. The lowest BCUT2D eigenvalue weighted by Crippen LogP contribution is -2.49. The number of nitrogens with one attached hydrogen (secondary N) is 1. The van der Waals surface area contributed by atoms with Gasteiger partial charge in [-0.15, -0.1) is 0 Å². The Balaban J connectivity index is 1.57. The van der Waals surface area contributed by atoms with Gasteiger partial charge >= 0.3 is 12.0 Å². The summed E-state index contributed by atoms with van der Waals surface area (Å²) < 4.78 is 25.3. The fourth-order valence-electron chi connectivity index (χ4n) is 3.70. The van der Waals surface area contributed by atoms with Crippen molar-refractivity contribution in [3.8, 4) is 0 Å². The summed E-state index contributed by atoms with van der Waals surface area (Å²) in [5.41, 5.74) is 1.49. The van der Waals surface area contributed by atoms with E-state index in [1.807, 2.05) is 6.92 Å². The number of carboxylic acid groups (broad SMARTS) is 1. The maximum Gasteiger partial charge on any atom is 0.317 e. The lowest BCUT2D eigenvalue weighted by molar-refractivity contribution is -0.143. The third kappa shape index (κ3) is 4.52. The zero-order chi connectivity index (χ0) is 19.6. The number of anilines is 1. The first kappa shape index (κ1) is 19.5. The highest BCUT2D eigenvalue weighted by molar-refractivity contribution is 7.93. The number of aliphatic carboxylic acids is 1. The number of carbonyl (C=O) groups is 2. The Labute approximate surface area is 159 Å². The van der Waals surface area contributed by atoms with Crippen molar-refractivity contribution in [3.63, 3.8) is 0 Å². The molecule has 2 fully saturated rings. The number of rotatable bonds is 4. The van der Waals surface area contributed by atoms with Crippen LogP contribution in [-0.4, -0.2) is 55.8 Å². The monoisotopic (exact) mass is 395 g/mol. The van der Waals surface area contributed by atoms with E-state index in [9.17, 15) is 23.1 Å². The molecule has 27 heavy (non-hydrogen) atoms. The van der Waals surface area contributed by atoms with Crippen molar-refractivity contribution in [2.75, 3.05) is 29.7 Å². The van der Waals surface area contributed by atoms with Crippen molar-refractivity contribution >= 4 is 27.7 Å². The van der Waals surface area contributed by atoms with Gasteiger partial charge in [0.05, 0.1) is 17.4 Å². The summed E-state index contributed by atoms with van der Waals surface area (Å²) in [6.07, 6.45) is 1.21. The van der Waals surface area contributed by atoms with Crippen LogP contribution in [0.15, 0.2) is 24.3 Å². The Hall–Kier alpha value is -2.29. The van der Waals surface area contributed by atoms with Crippen molar-refractivity contribution in [2.45, 2.75) is 26.3 Å². The van der Waals surface area contributed by atoms with Gasteiger partial charge in [-0.25, -0.2) is 13.2 Å². The Morgan fingerprint density at radius 1 is 1.22 bits per heavy atom. The normalized spacial score (nSPS) is 24.6. The SMILES string of the molecule is CC1CC(C(=O)O)CN(C(=O)NCc2ccc(N3CCCS3(=O)=O)cc2)C1. The molecule has 2 amide bonds. The molecular formula is C18H25N3O5S. The number of hydrogen-bond acceptors (Lipinski definition) is 4. The second-order valence-corrected chi connectivity index (χ2v) is 9.36. The number of carboxylic acids is 1. The molecule has 2 atom stereocenters. The largest absolute Gasteiger partial charge is 0.481 e. The van der Waals surface area contributed by atoms with Gasteiger partial charge in [0.15, 0.2) is 0 Å². The molecule has 1 aromatic rings. The lowest BCUT2D eigenvalue weighted by atomic mass is 9.91. The zero-order valence-corrected chi connectivity index (χ0v) is 16.1. The van der Waals surface area contributed by atoms with Crippen LogP contribution >= 0.6 is 0 Å². The molecule has 2 N–H and O–H groups in total. The first-order valence-electron chi connectivity index (χ1n) is 9.11. The molecule has 2 unspecified atom stereocenters. The summed E-state index contributed by atoms with van der Waals surface area (Å²) in [6.45, 7) is 3.50. The molecule has 0 radical (unpaired) electrons. The van der Waals surface area contributed by atoms with Crippen molar-refractivity contribution in [3.05, 3.63) is 29.8 Å². The van der Waals surface area contributed by atoms with Gasteiger partial charge < -0.3 is 15.3 Å². The quantitative estimate of drug-likeness (QED) is 0.803. The fourth-order valence-corrected chi connectivity index (χ4v) is 5.26. The average molecular weight is 395 g/mol. The molecule has 0 aromatic heterocycles. The van der Waals surface area contributed by atoms with Gasteiger partial charge in [-0.1, -0.05) is 19.1 Å². The van der Waals surface area contributed by atoms with Crippen LogP contribution in [0.5, 0.6) is 0 Å². The van der Waals surface area contributed by atoms with Crippen LogP contribution in [0.3, 0.4) is 0 Å². The standard InChI is InChI=1S/C18H25N3O5S/c1-13-9-15(17(22)23)12-20(11-13)18(24)19-10-14-3-5-16(6-4-14)21-7-2-8-27(21,25)26/h3-6,13,15H,2,7-12H2,1H3,(H,19,24)(H,22,23). The van der Waals surface area contributed by atoms with Crippen LogP contribution in [0.1, 0.15) is 25.3 Å². The minimum Gasteiger partial charge on any atom is -0.481 e. The van der Waals surface area contributed by atoms with Crippen LogP contribution in [0.25, 0.3) is 0 Å². The molecule has 2 heterocycles. The summed E-state index contributed by atoms with van der Waals surface area (Å²) in [5, 5.41) is 12.0. The van der Waals surface area contributed by atoms with Gasteiger partial charge in [-0.2, -0.15) is 0 Å². The number of amides is 2. The molecule has 2 aliphatic heterocycles. The van der Waals surface area contributed by atoms with Crippen molar-refractivity contribution in [2.24, 2.45) is 11.8 Å². The van der Waals surface area contributed by atoms with Gasteiger partial charge in [0.25, 0.3) is 0 Å². The van der Waals surface area contributed by atoms with Crippen LogP contribution in [0.2, 0.25) is 0 Å². The van der Waals surface area contributed by atoms with E-state index in [0.717, 1.165) is 5.56 Å². The molecule has 9 heteroatoms. The first-order valence-corrected chi connectivity index (χ1v) is 10.7. The molecule has 0 aliphatic carbocycles. The minimum absolute atomic E-state index is 0.146. The molecule has 8 nitrogen and oxygen atoms in total. The number of piperidine rings is 1. The van der Waals surface area contributed by atoms with E-state index in [0.29, 0.717) is 38.2 Å². The molecule has 148 valence electrons. The highest BCUT2D eigenvalue weighted by Crippen LogP contribution is 2.24. The van der Waals surface area contributed by atoms with Gasteiger partial charge in [-0.05, 0) is 36.5 Å². The third-order valence-electron chi connectivity index (χ3n) is 5.06. The fraction of sp³-hybridized carbons (Fsp3) is 0.556. The average Bonchev–Trinajstić information content (AvgIpc) is 2.98. The van der Waals surface area contributed by atoms with E-state index in [2.05, 4.69) is 5.32 Å². The second kappa shape index (κ2) is 7.75. The van der Waals surface area contributed by atoms with Crippen molar-refractivity contribution < 1.29 is 23.1 Å². The highest BCUT2D eigenvalue weighted by atomic mass is 32.2.